The molecule has 2 amide bonds. The summed E-state index contributed by atoms with van der Waals surface area (Å²) in [7, 11) is 0. The molecule has 1 heterocycles. The average Bonchev–Trinajstić information content (AvgIpc) is 3.24. The number of pyridine rings is 1. The SMILES string of the molecule is CCCNC(=O)C1CC1C(=O)NCc1cccnc1. The summed E-state index contributed by atoms with van der Waals surface area (Å²) in [5.74, 6) is -0.335. The van der Waals surface area contributed by atoms with Gasteiger partial charge in [0, 0.05) is 25.5 Å². The van der Waals surface area contributed by atoms with Crippen LogP contribution in [0.3, 0.4) is 0 Å². The lowest BCUT2D eigenvalue weighted by molar-refractivity contribution is -0.127. The molecule has 1 aliphatic rings. The third kappa shape index (κ3) is 3.77. The van der Waals surface area contributed by atoms with Crippen LogP contribution in [0.25, 0.3) is 0 Å². The van der Waals surface area contributed by atoms with Crippen molar-refractivity contribution in [1.82, 2.24) is 15.6 Å². The molecule has 2 rings (SSSR count). The van der Waals surface area contributed by atoms with E-state index >= 15 is 0 Å². The van der Waals surface area contributed by atoms with Gasteiger partial charge >= 0.3 is 0 Å². The molecule has 1 aromatic heterocycles. The van der Waals surface area contributed by atoms with Crippen LogP contribution in [0.15, 0.2) is 24.5 Å². The smallest absolute Gasteiger partial charge is 0.224 e. The van der Waals surface area contributed by atoms with Crippen molar-refractivity contribution in [3.05, 3.63) is 30.1 Å². The van der Waals surface area contributed by atoms with Gasteiger partial charge in [0.25, 0.3) is 0 Å². The highest BCUT2D eigenvalue weighted by Gasteiger charge is 2.47. The molecule has 2 N–H and O–H groups in total. The molecule has 0 spiro atoms. The van der Waals surface area contributed by atoms with Gasteiger partial charge < -0.3 is 10.6 Å². The first-order chi connectivity index (χ1) is 9.22. The second-order valence-electron chi connectivity index (χ2n) is 4.82. The second-order valence-corrected chi connectivity index (χ2v) is 4.82. The van der Waals surface area contributed by atoms with Crippen LogP contribution < -0.4 is 10.6 Å². The van der Waals surface area contributed by atoms with E-state index in [-0.39, 0.29) is 23.7 Å². The topological polar surface area (TPSA) is 71.1 Å². The zero-order valence-electron chi connectivity index (χ0n) is 11.1. The van der Waals surface area contributed by atoms with Gasteiger partial charge in [-0.25, -0.2) is 0 Å². The number of carbonyl (C=O) groups excluding carboxylic acids is 2. The van der Waals surface area contributed by atoms with E-state index in [1.807, 2.05) is 19.1 Å². The van der Waals surface area contributed by atoms with Crippen LogP contribution in [0.1, 0.15) is 25.3 Å². The normalized spacial score (nSPS) is 20.7. The van der Waals surface area contributed by atoms with Crippen LogP contribution >= 0.6 is 0 Å². The van der Waals surface area contributed by atoms with Crippen molar-refractivity contribution >= 4 is 11.8 Å². The molecule has 102 valence electrons. The average molecular weight is 261 g/mol. The lowest BCUT2D eigenvalue weighted by Crippen LogP contribution is -2.30. The van der Waals surface area contributed by atoms with Gasteiger partial charge in [0.05, 0.1) is 11.8 Å². The Morgan fingerprint density at radius 1 is 1.32 bits per heavy atom. The van der Waals surface area contributed by atoms with Crippen LogP contribution in [0, 0.1) is 11.8 Å². The molecule has 5 heteroatoms. The first-order valence-electron chi connectivity index (χ1n) is 6.66. The van der Waals surface area contributed by atoms with Crippen molar-refractivity contribution in [2.45, 2.75) is 26.3 Å². The van der Waals surface area contributed by atoms with E-state index in [0.717, 1.165) is 12.0 Å². The van der Waals surface area contributed by atoms with E-state index in [1.54, 1.807) is 12.4 Å². The van der Waals surface area contributed by atoms with E-state index in [1.165, 1.54) is 0 Å². The summed E-state index contributed by atoms with van der Waals surface area (Å²) < 4.78 is 0. The molecule has 1 fully saturated rings. The molecule has 0 radical (unpaired) electrons. The Morgan fingerprint density at radius 2 is 2.05 bits per heavy atom. The highest BCUT2D eigenvalue weighted by Crippen LogP contribution is 2.38. The predicted molar refractivity (Wildman–Crippen MR) is 71.0 cm³/mol. The lowest BCUT2D eigenvalue weighted by atomic mass is 10.2. The van der Waals surface area contributed by atoms with Crippen molar-refractivity contribution < 1.29 is 9.59 Å². The Balaban J connectivity index is 1.72. The van der Waals surface area contributed by atoms with E-state index in [9.17, 15) is 9.59 Å². The van der Waals surface area contributed by atoms with Crippen molar-refractivity contribution in [3.63, 3.8) is 0 Å². The number of hydrogen-bond donors (Lipinski definition) is 2. The first kappa shape index (κ1) is 13.5. The second kappa shape index (κ2) is 6.31. The summed E-state index contributed by atoms with van der Waals surface area (Å²) in [5, 5.41) is 5.67. The molecule has 0 aliphatic heterocycles. The van der Waals surface area contributed by atoms with Gasteiger partial charge in [-0.15, -0.1) is 0 Å². The van der Waals surface area contributed by atoms with Gasteiger partial charge in [0.1, 0.15) is 0 Å². The molecule has 19 heavy (non-hydrogen) atoms. The fourth-order valence-corrected chi connectivity index (χ4v) is 1.98. The standard InChI is InChI=1S/C14H19N3O2/c1-2-5-16-13(18)11-7-12(11)14(19)17-9-10-4-3-6-15-8-10/h3-4,6,8,11-12H,2,5,7,9H2,1H3,(H,16,18)(H,17,19). The molecule has 2 atom stereocenters. The minimum Gasteiger partial charge on any atom is -0.356 e. The van der Waals surface area contributed by atoms with Crippen LogP contribution in [0.5, 0.6) is 0 Å². The van der Waals surface area contributed by atoms with Gasteiger partial charge in [-0.2, -0.15) is 0 Å². The molecule has 0 saturated heterocycles. The summed E-state index contributed by atoms with van der Waals surface area (Å²) in [6.45, 7) is 3.15. The van der Waals surface area contributed by atoms with Gasteiger partial charge in [-0.3, -0.25) is 14.6 Å². The van der Waals surface area contributed by atoms with Crippen LogP contribution in [0.4, 0.5) is 0 Å². The number of amides is 2. The number of carbonyl (C=O) groups is 2. The molecule has 1 aromatic rings. The maximum atomic E-state index is 11.9. The van der Waals surface area contributed by atoms with Crippen LogP contribution in [-0.4, -0.2) is 23.3 Å². The fourth-order valence-electron chi connectivity index (χ4n) is 1.98. The number of aromatic nitrogens is 1. The maximum Gasteiger partial charge on any atom is 0.224 e. The summed E-state index contributed by atoms with van der Waals surface area (Å²) >= 11 is 0. The monoisotopic (exact) mass is 261 g/mol. The summed E-state index contributed by atoms with van der Waals surface area (Å²) in [6.07, 6.45) is 4.99. The van der Waals surface area contributed by atoms with Gasteiger partial charge in [-0.1, -0.05) is 13.0 Å². The van der Waals surface area contributed by atoms with Gasteiger partial charge in [0.2, 0.25) is 11.8 Å². The predicted octanol–water partition coefficient (Wildman–Crippen LogP) is 0.860. The van der Waals surface area contributed by atoms with Crippen LogP contribution in [0.2, 0.25) is 0 Å². The molecule has 0 bridgehead atoms. The van der Waals surface area contributed by atoms with Crippen molar-refractivity contribution in [2.24, 2.45) is 11.8 Å². The third-order valence-corrected chi connectivity index (χ3v) is 3.20. The van der Waals surface area contributed by atoms with Gasteiger partial charge in [0.15, 0.2) is 0 Å². The number of hydrogen-bond acceptors (Lipinski definition) is 3. The Bertz CT molecular complexity index is 447. The quantitative estimate of drug-likeness (QED) is 0.798. The summed E-state index contributed by atoms with van der Waals surface area (Å²) in [4.78, 5) is 27.5. The molecule has 5 nitrogen and oxygen atoms in total. The minimum atomic E-state index is -0.159. The highest BCUT2D eigenvalue weighted by molar-refractivity contribution is 5.92. The van der Waals surface area contributed by atoms with Crippen molar-refractivity contribution in [3.8, 4) is 0 Å². The Hall–Kier alpha value is -1.91. The van der Waals surface area contributed by atoms with Crippen molar-refractivity contribution in [1.29, 1.82) is 0 Å². The number of nitrogens with one attached hydrogen (secondary N) is 2. The molecule has 1 aliphatic carbocycles. The largest absolute Gasteiger partial charge is 0.356 e. The van der Waals surface area contributed by atoms with Gasteiger partial charge in [-0.05, 0) is 24.5 Å². The molecule has 0 aromatic carbocycles. The molecular weight excluding hydrogens is 242 g/mol. The Labute approximate surface area is 112 Å². The van der Waals surface area contributed by atoms with Crippen LogP contribution in [-0.2, 0) is 16.1 Å². The van der Waals surface area contributed by atoms with Crippen molar-refractivity contribution in [2.75, 3.05) is 6.54 Å². The zero-order valence-corrected chi connectivity index (χ0v) is 11.1. The van der Waals surface area contributed by atoms with E-state index < -0.39 is 0 Å². The highest BCUT2D eigenvalue weighted by atomic mass is 16.2. The summed E-state index contributed by atoms with van der Waals surface area (Å²) in [6, 6.07) is 3.74. The third-order valence-electron chi connectivity index (χ3n) is 3.20. The number of nitrogens with zero attached hydrogens (tertiary/aromatic N) is 1. The Morgan fingerprint density at radius 3 is 2.68 bits per heavy atom. The maximum absolute atomic E-state index is 11.9. The fraction of sp³-hybridized carbons (Fsp3) is 0.500. The van der Waals surface area contributed by atoms with E-state index in [4.69, 9.17) is 0 Å². The first-order valence-corrected chi connectivity index (χ1v) is 6.66. The minimum absolute atomic E-state index is 0.00313. The Kier molecular flexibility index (Phi) is 4.49. The van der Waals surface area contributed by atoms with E-state index in [0.29, 0.717) is 19.5 Å². The van der Waals surface area contributed by atoms with E-state index in [2.05, 4.69) is 15.6 Å². The molecule has 2 unspecified atom stereocenters. The lowest BCUT2D eigenvalue weighted by Gasteiger charge is -2.05. The molecule has 1 saturated carbocycles. The summed E-state index contributed by atoms with van der Waals surface area (Å²) in [5.41, 5.74) is 0.962. The zero-order chi connectivity index (χ0) is 13.7. The molecular formula is C14H19N3O2. The number of rotatable bonds is 6.